The molecule has 0 spiro atoms. The standard InChI is InChI=1S/C10H14N2O2/c1-7(2)11-9-4-3-8-10(12-9)14-6-5-13-8/h3-4,7H,5-6H2,1-2H3,(H,11,12). The average molecular weight is 194 g/mol. The van der Waals surface area contributed by atoms with Gasteiger partial charge in [-0.2, -0.15) is 4.98 Å². The van der Waals surface area contributed by atoms with Crippen LogP contribution in [-0.2, 0) is 0 Å². The average Bonchev–Trinajstić information content (AvgIpc) is 2.17. The molecule has 0 aromatic carbocycles. The van der Waals surface area contributed by atoms with Crippen LogP contribution >= 0.6 is 0 Å². The van der Waals surface area contributed by atoms with Gasteiger partial charge in [0.05, 0.1) is 0 Å². The van der Waals surface area contributed by atoms with Gasteiger partial charge < -0.3 is 14.8 Å². The maximum atomic E-state index is 5.37. The summed E-state index contributed by atoms with van der Waals surface area (Å²) in [6.45, 7) is 5.31. The molecule has 76 valence electrons. The van der Waals surface area contributed by atoms with Crippen LogP contribution in [0.1, 0.15) is 13.8 Å². The van der Waals surface area contributed by atoms with E-state index in [4.69, 9.17) is 9.47 Å². The Labute approximate surface area is 83.2 Å². The van der Waals surface area contributed by atoms with Gasteiger partial charge in [0, 0.05) is 6.04 Å². The van der Waals surface area contributed by atoms with Crippen LogP contribution in [0.5, 0.6) is 11.6 Å². The number of hydrogen-bond donors (Lipinski definition) is 1. The molecule has 0 unspecified atom stereocenters. The SMILES string of the molecule is CC(C)Nc1ccc2c(n1)OCCO2. The number of hydrogen-bond acceptors (Lipinski definition) is 4. The first kappa shape index (κ1) is 9.12. The summed E-state index contributed by atoms with van der Waals surface area (Å²) in [5, 5.41) is 3.21. The third kappa shape index (κ3) is 1.89. The van der Waals surface area contributed by atoms with E-state index in [-0.39, 0.29) is 0 Å². The van der Waals surface area contributed by atoms with Gasteiger partial charge in [-0.3, -0.25) is 0 Å². The van der Waals surface area contributed by atoms with Crippen molar-refractivity contribution < 1.29 is 9.47 Å². The molecular weight excluding hydrogens is 180 g/mol. The highest BCUT2D eigenvalue weighted by atomic mass is 16.6. The highest BCUT2D eigenvalue weighted by Gasteiger charge is 2.13. The lowest BCUT2D eigenvalue weighted by Gasteiger charge is -2.18. The summed E-state index contributed by atoms with van der Waals surface area (Å²) in [6.07, 6.45) is 0. The Morgan fingerprint density at radius 2 is 2.07 bits per heavy atom. The molecule has 1 aliphatic heterocycles. The Kier molecular flexibility index (Phi) is 2.43. The first-order valence-corrected chi connectivity index (χ1v) is 4.79. The van der Waals surface area contributed by atoms with E-state index in [0.29, 0.717) is 25.1 Å². The number of anilines is 1. The van der Waals surface area contributed by atoms with Gasteiger partial charge in [-0.05, 0) is 26.0 Å². The third-order valence-electron chi connectivity index (χ3n) is 1.84. The zero-order chi connectivity index (χ0) is 9.97. The van der Waals surface area contributed by atoms with Crippen molar-refractivity contribution in [3.63, 3.8) is 0 Å². The number of aromatic nitrogens is 1. The van der Waals surface area contributed by atoms with Gasteiger partial charge in [-0.15, -0.1) is 0 Å². The molecule has 0 radical (unpaired) electrons. The van der Waals surface area contributed by atoms with Crippen molar-refractivity contribution in [1.82, 2.24) is 4.98 Å². The lowest BCUT2D eigenvalue weighted by molar-refractivity contribution is 0.164. The summed E-state index contributed by atoms with van der Waals surface area (Å²) in [4.78, 5) is 4.30. The van der Waals surface area contributed by atoms with E-state index in [2.05, 4.69) is 24.1 Å². The molecule has 1 aliphatic rings. The third-order valence-corrected chi connectivity index (χ3v) is 1.84. The quantitative estimate of drug-likeness (QED) is 0.777. The van der Waals surface area contributed by atoms with E-state index in [0.717, 1.165) is 11.6 Å². The Hall–Kier alpha value is -1.45. The molecule has 0 saturated carbocycles. The van der Waals surface area contributed by atoms with E-state index in [1.807, 2.05) is 12.1 Å². The number of nitrogens with zero attached hydrogens (tertiary/aromatic N) is 1. The Morgan fingerprint density at radius 3 is 2.86 bits per heavy atom. The van der Waals surface area contributed by atoms with E-state index < -0.39 is 0 Å². The van der Waals surface area contributed by atoms with Crippen LogP contribution < -0.4 is 14.8 Å². The maximum Gasteiger partial charge on any atom is 0.259 e. The van der Waals surface area contributed by atoms with Crippen LogP contribution in [0.3, 0.4) is 0 Å². The summed E-state index contributed by atoms with van der Waals surface area (Å²) in [5.74, 6) is 2.14. The summed E-state index contributed by atoms with van der Waals surface area (Å²) < 4.78 is 10.7. The minimum atomic E-state index is 0.366. The van der Waals surface area contributed by atoms with Gasteiger partial charge in [-0.25, -0.2) is 0 Å². The minimum Gasteiger partial charge on any atom is -0.484 e. The summed E-state index contributed by atoms with van der Waals surface area (Å²) in [7, 11) is 0. The molecular formula is C10H14N2O2. The lowest BCUT2D eigenvalue weighted by atomic mass is 10.3. The van der Waals surface area contributed by atoms with Crippen LogP contribution in [0.2, 0.25) is 0 Å². The summed E-state index contributed by atoms with van der Waals surface area (Å²) in [6, 6.07) is 4.14. The maximum absolute atomic E-state index is 5.37. The smallest absolute Gasteiger partial charge is 0.259 e. The zero-order valence-corrected chi connectivity index (χ0v) is 8.41. The summed E-state index contributed by atoms with van der Waals surface area (Å²) >= 11 is 0. The van der Waals surface area contributed by atoms with Crippen LogP contribution in [0, 0.1) is 0 Å². The van der Waals surface area contributed by atoms with Gasteiger partial charge in [0.1, 0.15) is 19.0 Å². The van der Waals surface area contributed by atoms with Crippen molar-refractivity contribution in [2.45, 2.75) is 19.9 Å². The number of fused-ring (bicyclic) bond motifs is 1. The second kappa shape index (κ2) is 3.74. The fourth-order valence-corrected chi connectivity index (χ4v) is 1.31. The van der Waals surface area contributed by atoms with Gasteiger partial charge in [0.15, 0.2) is 5.75 Å². The summed E-state index contributed by atoms with van der Waals surface area (Å²) in [5.41, 5.74) is 0. The Bertz CT molecular complexity index is 326. The lowest BCUT2D eigenvalue weighted by Crippen LogP contribution is -2.17. The molecule has 0 bridgehead atoms. The molecule has 1 aromatic rings. The molecule has 0 atom stereocenters. The second-order valence-corrected chi connectivity index (χ2v) is 3.50. The van der Waals surface area contributed by atoms with Crippen molar-refractivity contribution >= 4 is 5.82 Å². The van der Waals surface area contributed by atoms with Crippen molar-refractivity contribution in [1.29, 1.82) is 0 Å². The van der Waals surface area contributed by atoms with Crippen LogP contribution in [-0.4, -0.2) is 24.2 Å². The molecule has 0 fully saturated rings. The molecule has 2 heterocycles. The Morgan fingerprint density at radius 1 is 1.29 bits per heavy atom. The second-order valence-electron chi connectivity index (χ2n) is 3.50. The van der Waals surface area contributed by atoms with E-state index in [9.17, 15) is 0 Å². The molecule has 4 heteroatoms. The minimum absolute atomic E-state index is 0.366. The highest BCUT2D eigenvalue weighted by Crippen LogP contribution is 2.28. The van der Waals surface area contributed by atoms with E-state index in [1.165, 1.54) is 0 Å². The molecule has 4 nitrogen and oxygen atoms in total. The molecule has 14 heavy (non-hydrogen) atoms. The molecule has 2 rings (SSSR count). The topological polar surface area (TPSA) is 43.4 Å². The number of pyridine rings is 1. The van der Waals surface area contributed by atoms with Crippen molar-refractivity contribution in [2.75, 3.05) is 18.5 Å². The fourth-order valence-electron chi connectivity index (χ4n) is 1.31. The highest BCUT2D eigenvalue weighted by molar-refractivity contribution is 5.45. The fraction of sp³-hybridized carbons (Fsp3) is 0.500. The molecule has 0 aliphatic carbocycles. The van der Waals surface area contributed by atoms with Crippen molar-refractivity contribution in [2.24, 2.45) is 0 Å². The first-order valence-electron chi connectivity index (χ1n) is 4.79. The molecule has 0 amide bonds. The number of nitrogens with one attached hydrogen (secondary N) is 1. The molecule has 1 N–H and O–H groups in total. The van der Waals surface area contributed by atoms with Crippen molar-refractivity contribution in [3.8, 4) is 11.6 Å². The van der Waals surface area contributed by atoms with Crippen LogP contribution in [0.25, 0.3) is 0 Å². The Balaban J connectivity index is 2.20. The van der Waals surface area contributed by atoms with Crippen molar-refractivity contribution in [3.05, 3.63) is 12.1 Å². The van der Waals surface area contributed by atoms with E-state index in [1.54, 1.807) is 0 Å². The van der Waals surface area contributed by atoms with Gasteiger partial charge in [0.25, 0.3) is 5.88 Å². The number of rotatable bonds is 2. The normalized spacial score (nSPS) is 14.2. The predicted octanol–water partition coefficient (Wildman–Crippen LogP) is 1.67. The van der Waals surface area contributed by atoms with Crippen LogP contribution in [0.4, 0.5) is 5.82 Å². The molecule has 0 saturated heterocycles. The van der Waals surface area contributed by atoms with Gasteiger partial charge in [-0.1, -0.05) is 0 Å². The van der Waals surface area contributed by atoms with Crippen LogP contribution in [0.15, 0.2) is 12.1 Å². The first-order chi connectivity index (χ1) is 6.75. The molecule has 1 aromatic heterocycles. The van der Waals surface area contributed by atoms with E-state index >= 15 is 0 Å². The monoisotopic (exact) mass is 194 g/mol. The number of ether oxygens (including phenoxy) is 2. The largest absolute Gasteiger partial charge is 0.484 e. The zero-order valence-electron chi connectivity index (χ0n) is 8.41. The van der Waals surface area contributed by atoms with Gasteiger partial charge >= 0.3 is 0 Å². The predicted molar refractivity (Wildman–Crippen MR) is 54.0 cm³/mol. The van der Waals surface area contributed by atoms with Gasteiger partial charge in [0.2, 0.25) is 0 Å².